The normalized spacial score (nSPS) is 10.4. The number of nitrogens with two attached hydrogens (primary N) is 1. The van der Waals surface area contributed by atoms with Gasteiger partial charge in [0, 0.05) is 12.1 Å². The van der Waals surface area contributed by atoms with Gasteiger partial charge >= 0.3 is 0 Å². The average molecular weight is 302 g/mol. The van der Waals surface area contributed by atoms with E-state index in [2.05, 4.69) is 10.3 Å². The minimum atomic E-state index is -1.35. The summed E-state index contributed by atoms with van der Waals surface area (Å²) in [5, 5.41) is 2.08. The first kappa shape index (κ1) is 14.1. The molecular weight excluding hydrogens is 295 g/mol. The van der Waals surface area contributed by atoms with Crippen molar-refractivity contribution in [1.29, 1.82) is 0 Å². The Balaban J connectivity index is 2.32. The number of anilines is 2. The molecule has 0 aliphatic rings. The van der Waals surface area contributed by atoms with Crippen molar-refractivity contribution in [3.63, 3.8) is 0 Å². The highest BCUT2D eigenvalue weighted by molar-refractivity contribution is 6.30. The number of rotatable bonds is 2. The Morgan fingerprint density at radius 3 is 2.50 bits per heavy atom. The first-order valence-electron chi connectivity index (χ1n) is 5.25. The average Bonchev–Trinajstić information content (AvgIpc) is 2.38. The van der Waals surface area contributed by atoms with Crippen LogP contribution in [0.1, 0.15) is 10.4 Å². The number of halogens is 4. The maximum absolute atomic E-state index is 13.4. The van der Waals surface area contributed by atoms with Gasteiger partial charge in [-0.25, -0.2) is 18.2 Å². The minimum absolute atomic E-state index is 0.00916. The number of hydrogen-bond donors (Lipinski definition) is 2. The van der Waals surface area contributed by atoms with E-state index in [1.165, 1.54) is 6.07 Å². The second-order valence-electron chi connectivity index (χ2n) is 3.79. The summed E-state index contributed by atoms with van der Waals surface area (Å²) in [6, 6.07) is 2.03. The fourth-order valence-corrected chi connectivity index (χ4v) is 1.60. The molecule has 8 heteroatoms. The molecule has 20 heavy (non-hydrogen) atoms. The van der Waals surface area contributed by atoms with Crippen LogP contribution in [0.4, 0.5) is 24.5 Å². The summed E-state index contributed by atoms with van der Waals surface area (Å²) in [4.78, 5) is 15.5. The van der Waals surface area contributed by atoms with Crippen LogP contribution < -0.4 is 11.1 Å². The van der Waals surface area contributed by atoms with Crippen molar-refractivity contribution in [1.82, 2.24) is 4.98 Å². The predicted octanol–water partition coefficient (Wildman–Crippen LogP) is 2.99. The van der Waals surface area contributed by atoms with E-state index in [1.54, 1.807) is 0 Å². The molecular formula is C12H7ClF3N3O. The lowest BCUT2D eigenvalue weighted by Gasteiger charge is -2.09. The number of nitrogen functional groups attached to an aromatic ring is 1. The van der Waals surface area contributed by atoms with Crippen molar-refractivity contribution in [3.8, 4) is 0 Å². The standard InChI is InChI=1S/C12H7ClF3N3O/c13-11-1-5(9(17)4-18-11)12(20)19-10-3-7(15)6(14)2-8(10)16/h1-4H,17H2,(H,19,20). The summed E-state index contributed by atoms with van der Waals surface area (Å²) < 4.78 is 39.2. The summed E-state index contributed by atoms with van der Waals surface area (Å²) in [5.74, 6) is -4.58. The van der Waals surface area contributed by atoms with Crippen LogP contribution in [0.25, 0.3) is 0 Å². The van der Waals surface area contributed by atoms with Crippen molar-refractivity contribution in [2.75, 3.05) is 11.1 Å². The summed E-state index contributed by atoms with van der Waals surface area (Å²) >= 11 is 5.61. The molecule has 1 heterocycles. The zero-order valence-electron chi connectivity index (χ0n) is 9.75. The largest absolute Gasteiger partial charge is 0.397 e. The zero-order chi connectivity index (χ0) is 14.9. The molecule has 0 bridgehead atoms. The van der Waals surface area contributed by atoms with Gasteiger partial charge in [-0.1, -0.05) is 11.6 Å². The summed E-state index contributed by atoms with van der Waals surface area (Å²) in [5.41, 5.74) is 4.96. The van der Waals surface area contributed by atoms with Crippen LogP contribution in [0, 0.1) is 17.5 Å². The number of carbonyl (C=O) groups excluding carboxylic acids is 1. The second-order valence-corrected chi connectivity index (χ2v) is 4.18. The molecule has 0 spiro atoms. The summed E-state index contributed by atoms with van der Waals surface area (Å²) in [6.07, 6.45) is 1.15. The molecule has 0 unspecified atom stereocenters. The molecule has 0 saturated carbocycles. The highest BCUT2D eigenvalue weighted by Gasteiger charge is 2.15. The van der Waals surface area contributed by atoms with Crippen molar-refractivity contribution >= 4 is 28.9 Å². The van der Waals surface area contributed by atoms with Crippen LogP contribution in [0.15, 0.2) is 24.4 Å². The maximum atomic E-state index is 13.4. The highest BCUT2D eigenvalue weighted by Crippen LogP contribution is 2.21. The molecule has 0 fully saturated rings. The number of nitrogens with zero attached hydrogens (tertiary/aromatic N) is 1. The van der Waals surface area contributed by atoms with Crippen LogP contribution >= 0.6 is 11.6 Å². The van der Waals surface area contributed by atoms with E-state index < -0.39 is 29.0 Å². The molecule has 0 aliphatic carbocycles. The van der Waals surface area contributed by atoms with Crippen LogP contribution in [0.2, 0.25) is 5.15 Å². The van der Waals surface area contributed by atoms with Crippen LogP contribution in [-0.4, -0.2) is 10.9 Å². The molecule has 1 aromatic carbocycles. The molecule has 104 valence electrons. The van der Waals surface area contributed by atoms with Gasteiger partial charge in [0.1, 0.15) is 11.0 Å². The number of nitrogens with one attached hydrogen (secondary N) is 1. The Bertz CT molecular complexity index is 694. The fraction of sp³-hybridized carbons (Fsp3) is 0. The van der Waals surface area contributed by atoms with Gasteiger partial charge in [0.25, 0.3) is 5.91 Å². The molecule has 0 atom stereocenters. The molecule has 1 aromatic heterocycles. The smallest absolute Gasteiger partial charge is 0.258 e. The summed E-state index contributed by atoms with van der Waals surface area (Å²) in [7, 11) is 0. The monoisotopic (exact) mass is 301 g/mol. The molecule has 3 N–H and O–H groups in total. The van der Waals surface area contributed by atoms with E-state index >= 15 is 0 Å². The lowest BCUT2D eigenvalue weighted by atomic mass is 10.2. The van der Waals surface area contributed by atoms with Crippen LogP contribution in [0.5, 0.6) is 0 Å². The van der Waals surface area contributed by atoms with Gasteiger partial charge in [-0.05, 0) is 6.07 Å². The molecule has 1 amide bonds. The Hall–Kier alpha value is -2.28. The maximum Gasteiger partial charge on any atom is 0.258 e. The van der Waals surface area contributed by atoms with Crippen molar-refractivity contribution in [3.05, 3.63) is 52.6 Å². The van der Waals surface area contributed by atoms with Gasteiger partial charge in [-0.3, -0.25) is 4.79 Å². The van der Waals surface area contributed by atoms with Gasteiger partial charge in [-0.2, -0.15) is 0 Å². The van der Waals surface area contributed by atoms with Gasteiger partial charge in [0.15, 0.2) is 11.6 Å². The Morgan fingerprint density at radius 2 is 1.80 bits per heavy atom. The molecule has 0 saturated heterocycles. The topological polar surface area (TPSA) is 68.0 Å². The third kappa shape index (κ3) is 2.83. The van der Waals surface area contributed by atoms with Crippen molar-refractivity contribution < 1.29 is 18.0 Å². The Morgan fingerprint density at radius 1 is 1.15 bits per heavy atom. The molecule has 2 rings (SSSR count). The van der Waals surface area contributed by atoms with Gasteiger partial charge < -0.3 is 11.1 Å². The number of benzene rings is 1. The number of pyridine rings is 1. The zero-order valence-corrected chi connectivity index (χ0v) is 10.5. The Labute approximate surface area is 116 Å². The molecule has 2 aromatic rings. The first-order valence-corrected chi connectivity index (χ1v) is 5.63. The van der Waals surface area contributed by atoms with Crippen molar-refractivity contribution in [2.24, 2.45) is 0 Å². The lowest BCUT2D eigenvalue weighted by molar-refractivity contribution is 0.102. The fourth-order valence-electron chi connectivity index (χ4n) is 1.45. The number of carbonyl (C=O) groups is 1. The Kier molecular flexibility index (Phi) is 3.80. The van der Waals surface area contributed by atoms with E-state index in [0.717, 1.165) is 6.20 Å². The highest BCUT2D eigenvalue weighted by atomic mass is 35.5. The molecule has 0 radical (unpaired) electrons. The van der Waals surface area contributed by atoms with Gasteiger partial charge in [0.05, 0.1) is 23.1 Å². The number of amides is 1. The van der Waals surface area contributed by atoms with Crippen LogP contribution in [0.3, 0.4) is 0 Å². The van der Waals surface area contributed by atoms with Gasteiger partial charge in [0.2, 0.25) is 0 Å². The third-order valence-electron chi connectivity index (χ3n) is 2.40. The van der Waals surface area contributed by atoms with Crippen LogP contribution in [-0.2, 0) is 0 Å². The predicted molar refractivity (Wildman–Crippen MR) is 67.9 cm³/mol. The van der Waals surface area contributed by atoms with E-state index in [0.29, 0.717) is 12.1 Å². The van der Waals surface area contributed by atoms with E-state index in [-0.39, 0.29) is 16.4 Å². The quantitative estimate of drug-likeness (QED) is 0.662. The summed E-state index contributed by atoms with van der Waals surface area (Å²) in [6.45, 7) is 0. The number of hydrogen-bond acceptors (Lipinski definition) is 3. The van der Waals surface area contributed by atoms with E-state index in [9.17, 15) is 18.0 Å². The van der Waals surface area contributed by atoms with Gasteiger partial charge in [-0.15, -0.1) is 0 Å². The SMILES string of the molecule is Nc1cnc(Cl)cc1C(=O)Nc1cc(F)c(F)cc1F. The lowest BCUT2D eigenvalue weighted by Crippen LogP contribution is -2.15. The van der Waals surface area contributed by atoms with Crippen molar-refractivity contribution in [2.45, 2.75) is 0 Å². The minimum Gasteiger partial charge on any atom is -0.397 e. The first-order chi connectivity index (χ1) is 9.38. The molecule has 0 aliphatic heterocycles. The van der Waals surface area contributed by atoms with E-state index in [1.807, 2.05) is 0 Å². The number of aromatic nitrogens is 1. The molecule has 4 nitrogen and oxygen atoms in total. The third-order valence-corrected chi connectivity index (χ3v) is 2.61. The van der Waals surface area contributed by atoms with E-state index in [4.69, 9.17) is 17.3 Å². The second kappa shape index (κ2) is 5.38.